The molecule has 0 spiro atoms. The number of hydrogen-bond acceptors (Lipinski definition) is 3. The smallest absolute Gasteiger partial charge is 0.122 e. The molecular formula is C16H22ClNO2. The fraction of sp³-hybridized carbons (Fsp3) is 0.625. The van der Waals surface area contributed by atoms with E-state index in [0.29, 0.717) is 0 Å². The van der Waals surface area contributed by atoms with Gasteiger partial charge in [-0.1, -0.05) is 11.6 Å². The molecule has 0 bridgehead atoms. The van der Waals surface area contributed by atoms with Crippen LogP contribution in [0.15, 0.2) is 18.2 Å². The third-order valence-corrected chi connectivity index (χ3v) is 4.57. The molecule has 1 N–H and O–H groups in total. The zero-order valence-electron chi connectivity index (χ0n) is 12.0. The molecule has 110 valence electrons. The van der Waals surface area contributed by atoms with Crippen LogP contribution in [0.4, 0.5) is 0 Å². The first-order valence-corrected chi connectivity index (χ1v) is 7.72. The van der Waals surface area contributed by atoms with Gasteiger partial charge in [0.05, 0.1) is 13.7 Å². The number of halogens is 1. The summed E-state index contributed by atoms with van der Waals surface area (Å²) >= 11 is 6.14. The number of benzene rings is 1. The molecule has 1 heterocycles. The quantitative estimate of drug-likeness (QED) is 0.875. The van der Waals surface area contributed by atoms with Crippen LogP contribution >= 0.6 is 11.6 Å². The summed E-state index contributed by atoms with van der Waals surface area (Å²) in [5.74, 6) is 0.923. The van der Waals surface area contributed by atoms with E-state index in [0.717, 1.165) is 49.4 Å². The van der Waals surface area contributed by atoms with E-state index in [-0.39, 0.29) is 5.41 Å². The fourth-order valence-electron chi connectivity index (χ4n) is 2.93. The van der Waals surface area contributed by atoms with Crippen LogP contribution in [0.25, 0.3) is 0 Å². The highest BCUT2D eigenvalue weighted by molar-refractivity contribution is 6.30. The van der Waals surface area contributed by atoms with Crippen molar-refractivity contribution in [3.63, 3.8) is 0 Å². The molecule has 0 amide bonds. The normalized spacial score (nSPS) is 25.9. The highest BCUT2D eigenvalue weighted by Gasteiger charge is 2.37. The molecular weight excluding hydrogens is 274 g/mol. The number of nitrogens with one attached hydrogen (secondary N) is 1. The zero-order chi connectivity index (χ0) is 14.0. The summed E-state index contributed by atoms with van der Waals surface area (Å²) < 4.78 is 11.1. The van der Waals surface area contributed by atoms with Gasteiger partial charge in [0, 0.05) is 29.6 Å². The molecule has 1 aliphatic carbocycles. The summed E-state index contributed by atoms with van der Waals surface area (Å²) in [7, 11) is 1.72. The molecule has 2 fully saturated rings. The van der Waals surface area contributed by atoms with E-state index in [2.05, 4.69) is 5.32 Å². The Hall–Kier alpha value is -0.770. The Kier molecular flexibility index (Phi) is 4.20. The second kappa shape index (κ2) is 5.92. The summed E-state index contributed by atoms with van der Waals surface area (Å²) in [6.45, 7) is 2.70. The summed E-state index contributed by atoms with van der Waals surface area (Å²) in [5, 5.41) is 4.43. The lowest BCUT2D eigenvalue weighted by molar-refractivity contribution is 0.148. The molecule has 3 nitrogen and oxygen atoms in total. The van der Waals surface area contributed by atoms with Crippen LogP contribution < -0.4 is 10.1 Å². The summed E-state index contributed by atoms with van der Waals surface area (Å²) in [4.78, 5) is 0. The van der Waals surface area contributed by atoms with Crippen molar-refractivity contribution in [2.45, 2.75) is 31.7 Å². The van der Waals surface area contributed by atoms with Crippen LogP contribution in [-0.2, 0) is 11.2 Å². The molecule has 4 heteroatoms. The van der Waals surface area contributed by atoms with Crippen molar-refractivity contribution in [1.29, 1.82) is 0 Å². The molecule has 1 aliphatic heterocycles. The Morgan fingerprint density at radius 3 is 2.95 bits per heavy atom. The van der Waals surface area contributed by atoms with Gasteiger partial charge in [0.2, 0.25) is 0 Å². The van der Waals surface area contributed by atoms with Gasteiger partial charge in [-0.2, -0.15) is 0 Å². The van der Waals surface area contributed by atoms with Gasteiger partial charge in [0.15, 0.2) is 0 Å². The van der Waals surface area contributed by atoms with Crippen LogP contribution in [-0.4, -0.2) is 32.9 Å². The molecule has 20 heavy (non-hydrogen) atoms. The van der Waals surface area contributed by atoms with Crippen molar-refractivity contribution in [2.75, 3.05) is 26.9 Å². The van der Waals surface area contributed by atoms with Crippen molar-refractivity contribution >= 4 is 11.6 Å². The SMILES string of the molecule is COc1ccc(Cl)cc1CC1(CNC2CC2)CCOC1. The van der Waals surface area contributed by atoms with Gasteiger partial charge >= 0.3 is 0 Å². The maximum Gasteiger partial charge on any atom is 0.122 e. The Labute approximate surface area is 125 Å². The lowest BCUT2D eigenvalue weighted by Crippen LogP contribution is -2.37. The van der Waals surface area contributed by atoms with E-state index in [9.17, 15) is 0 Å². The van der Waals surface area contributed by atoms with Gasteiger partial charge in [-0.15, -0.1) is 0 Å². The van der Waals surface area contributed by atoms with Crippen LogP contribution in [0.5, 0.6) is 5.75 Å². The Bertz CT molecular complexity index is 468. The van der Waals surface area contributed by atoms with Crippen molar-refractivity contribution < 1.29 is 9.47 Å². The topological polar surface area (TPSA) is 30.5 Å². The third kappa shape index (κ3) is 3.27. The molecule has 1 saturated heterocycles. The van der Waals surface area contributed by atoms with Crippen LogP contribution in [0.2, 0.25) is 5.02 Å². The van der Waals surface area contributed by atoms with Gasteiger partial charge in [-0.3, -0.25) is 0 Å². The monoisotopic (exact) mass is 295 g/mol. The van der Waals surface area contributed by atoms with Crippen molar-refractivity contribution in [2.24, 2.45) is 5.41 Å². The minimum atomic E-state index is 0.181. The number of rotatable bonds is 6. The summed E-state index contributed by atoms with van der Waals surface area (Å²) in [6.07, 6.45) is 4.69. The number of hydrogen-bond donors (Lipinski definition) is 1. The van der Waals surface area contributed by atoms with Gasteiger partial charge in [0.1, 0.15) is 5.75 Å². The molecule has 1 atom stereocenters. The van der Waals surface area contributed by atoms with Gasteiger partial charge in [-0.05, 0) is 49.4 Å². The van der Waals surface area contributed by atoms with Crippen LogP contribution in [0.1, 0.15) is 24.8 Å². The van der Waals surface area contributed by atoms with E-state index in [1.807, 2.05) is 18.2 Å². The zero-order valence-corrected chi connectivity index (χ0v) is 12.7. The maximum absolute atomic E-state index is 6.14. The molecule has 2 aliphatic rings. The highest BCUT2D eigenvalue weighted by atomic mass is 35.5. The van der Waals surface area contributed by atoms with Gasteiger partial charge in [-0.25, -0.2) is 0 Å². The van der Waals surface area contributed by atoms with E-state index in [1.165, 1.54) is 18.4 Å². The van der Waals surface area contributed by atoms with Crippen LogP contribution in [0, 0.1) is 5.41 Å². The predicted molar refractivity (Wildman–Crippen MR) is 80.6 cm³/mol. The molecule has 1 aromatic rings. The third-order valence-electron chi connectivity index (χ3n) is 4.34. The van der Waals surface area contributed by atoms with E-state index in [1.54, 1.807) is 7.11 Å². The molecule has 0 radical (unpaired) electrons. The summed E-state index contributed by atoms with van der Waals surface area (Å²) in [5.41, 5.74) is 1.36. The predicted octanol–water partition coefficient (Wildman–Crippen LogP) is 3.05. The van der Waals surface area contributed by atoms with Crippen molar-refractivity contribution in [3.05, 3.63) is 28.8 Å². The molecule has 3 rings (SSSR count). The minimum absolute atomic E-state index is 0.181. The van der Waals surface area contributed by atoms with Crippen molar-refractivity contribution in [3.8, 4) is 5.75 Å². The maximum atomic E-state index is 6.14. The Morgan fingerprint density at radius 2 is 2.30 bits per heavy atom. The average Bonchev–Trinajstić information content (AvgIpc) is 3.17. The minimum Gasteiger partial charge on any atom is -0.496 e. The summed E-state index contributed by atoms with van der Waals surface area (Å²) in [6, 6.07) is 6.59. The van der Waals surface area contributed by atoms with E-state index in [4.69, 9.17) is 21.1 Å². The number of ether oxygens (including phenoxy) is 2. The van der Waals surface area contributed by atoms with Crippen molar-refractivity contribution in [1.82, 2.24) is 5.32 Å². The lowest BCUT2D eigenvalue weighted by atomic mass is 9.80. The Morgan fingerprint density at radius 1 is 1.45 bits per heavy atom. The fourth-order valence-corrected chi connectivity index (χ4v) is 3.12. The molecule has 1 saturated carbocycles. The Balaban J connectivity index is 1.76. The second-order valence-electron chi connectivity index (χ2n) is 6.09. The largest absolute Gasteiger partial charge is 0.496 e. The lowest BCUT2D eigenvalue weighted by Gasteiger charge is -2.28. The first-order valence-electron chi connectivity index (χ1n) is 7.34. The molecule has 1 aromatic carbocycles. The van der Waals surface area contributed by atoms with E-state index < -0.39 is 0 Å². The first-order chi connectivity index (χ1) is 9.71. The van der Waals surface area contributed by atoms with Gasteiger partial charge < -0.3 is 14.8 Å². The first kappa shape index (κ1) is 14.2. The molecule has 0 aromatic heterocycles. The second-order valence-corrected chi connectivity index (χ2v) is 6.53. The standard InChI is InChI=1S/C16H22ClNO2/c1-19-15-5-2-13(17)8-12(15)9-16(6-7-20-11-16)10-18-14-3-4-14/h2,5,8,14,18H,3-4,6-7,9-11H2,1H3. The van der Waals surface area contributed by atoms with Gasteiger partial charge in [0.25, 0.3) is 0 Å². The van der Waals surface area contributed by atoms with E-state index >= 15 is 0 Å². The average molecular weight is 296 g/mol. The highest BCUT2D eigenvalue weighted by Crippen LogP contribution is 2.36. The van der Waals surface area contributed by atoms with Crippen LogP contribution in [0.3, 0.4) is 0 Å². The molecule has 1 unspecified atom stereocenters. The number of methoxy groups -OCH3 is 1.